The summed E-state index contributed by atoms with van der Waals surface area (Å²) in [5, 5.41) is 17.1. The van der Waals surface area contributed by atoms with Crippen molar-refractivity contribution < 1.29 is 9.90 Å². The Balaban J connectivity index is 3.21. The van der Waals surface area contributed by atoms with Crippen molar-refractivity contribution in [2.75, 3.05) is 0 Å². The third-order valence-corrected chi connectivity index (χ3v) is 1.67. The van der Waals surface area contributed by atoms with Gasteiger partial charge in [-0.3, -0.25) is 9.59 Å². The highest BCUT2D eigenvalue weighted by Crippen LogP contribution is 2.08. The van der Waals surface area contributed by atoms with Crippen molar-refractivity contribution in [2.24, 2.45) is 5.73 Å². The van der Waals surface area contributed by atoms with E-state index >= 15 is 0 Å². The van der Waals surface area contributed by atoms with Crippen LogP contribution in [0.1, 0.15) is 17.2 Å². The number of nitrogens with two attached hydrogens (primary N) is 1. The number of carboxylic acids is 1. The van der Waals surface area contributed by atoms with Crippen LogP contribution in [0.2, 0.25) is 0 Å². The highest BCUT2D eigenvalue weighted by Gasteiger charge is 2.15. The van der Waals surface area contributed by atoms with Crippen molar-refractivity contribution in [3.8, 4) is 6.07 Å². The lowest BCUT2D eigenvalue weighted by Crippen LogP contribution is -2.22. The Hall–Kier alpha value is -2.13. The number of hydrogen-bond acceptors (Lipinski definition) is 4. The number of nitrogens with zero attached hydrogens (tertiary/aromatic N) is 1. The number of nitriles is 1. The van der Waals surface area contributed by atoms with Crippen molar-refractivity contribution in [1.82, 2.24) is 4.98 Å². The molecule has 0 fully saturated rings. The first-order chi connectivity index (χ1) is 6.56. The van der Waals surface area contributed by atoms with Gasteiger partial charge in [0.25, 0.3) is 5.56 Å². The first-order valence-electron chi connectivity index (χ1n) is 3.67. The number of aliphatic carboxylic acids is 1. The SMILES string of the molecule is N#Cc1cc(C(N)C(=O)O)c[nH]c1=O. The summed E-state index contributed by atoms with van der Waals surface area (Å²) in [6.45, 7) is 0. The van der Waals surface area contributed by atoms with E-state index in [-0.39, 0.29) is 11.1 Å². The van der Waals surface area contributed by atoms with Crippen LogP contribution in [0, 0.1) is 11.3 Å². The van der Waals surface area contributed by atoms with E-state index in [9.17, 15) is 9.59 Å². The molecular formula is C8H7N3O3. The molecule has 6 heteroatoms. The summed E-state index contributed by atoms with van der Waals surface area (Å²) in [4.78, 5) is 23.6. The molecule has 1 atom stereocenters. The number of hydrogen-bond donors (Lipinski definition) is 3. The number of aromatic amines is 1. The lowest BCUT2D eigenvalue weighted by molar-refractivity contribution is -0.138. The summed E-state index contributed by atoms with van der Waals surface area (Å²) in [5.74, 6) is -1.22. The fraction of sp³-hybridized carbons (Fsp3) is 0.125. The molecular weight excluding hydrogens is 186 g/mol. The lowest BCUT2D eigenvalue weighted by Gasteiger charge is -2.05. The van der Waals surface area contributed by atoms with Gasteiger partial charge in [-0.05, 0) is 11.6 Å². The maximum atomic E-state index is 10.9. The van der Waals surface area contributed by atoms with Crippen LogP contribution in [0.25, 0.3) is 0 Å². The predicted molar refractivity (Wildman–Crippen MR) is 46.3 cm³/mol. The molecule has 0 radical (unpaired) electrons. The normalized spacial score (nSPS) is 11.7. The summed E-state index contributed by atoms with van der Waals surface area (Å²) < 4.78 is 0. The van der Waals surface area contributed by atoms with Crippen LogP contribution < -0.4 is 11.3 Å². The highest BCUT2D eigenvalue weighted by molar-refractivity contribution is 5.75. The molecule has 6 nitrogen and oxygen atoms in total. The summed E-state index contributed by atoms with van der Waals surface area (Å²) in [6, 6.07) is 1.56. The quantitative estimate of drug-likeness (QED) is 0.575. The minimum Gasteiger partial charge on any atom is -0.480 e. The third-order valence-electron chi connectivity index (χ3n) is 1.67. The second-order valence-electron chi connectivity index (χ2n) is 2.60. The van der Waals surface area contributed by atoms with E-state index in [0.29, 0.717) is 0 Å². The fourth-order valence-electron chi connectivity index (χ4n) is 0.906. The molecule has 4 N–H and O–H groups in total. The zero-order valence-electron chi connectivity index (χ0n) is 7.02. The van der Waals surface area contributed by atoms with Gasteiger partial charge in [0.2, 0.25) is 0 Å². The number of aromatic nitrogens is 1. The van der Waals surface area contributed by atoms with Gasteiger partial charge in [0.1, 0.15) is 17.7 Å². The van der Waals surface area contributed by atoms with Crippen molar-refractivity contribution in [3.63, 3.8) is 0 Å². The zero-order valence-corrected chi connectivity index (χ0v) is 7.02. The van der Waals surface area contributed by atoms with Gasteiger partial charge in [-0.2, -0.15) is 5.26 Å². The molecule has 1 aromatic rings. The number of carboxylic acid groups (broad SMARTS) is 1. The summed E-state index contributed by atoms with van der Waals surface area (Å²) in [6.07, 6.45) is 1.18. The molecule has 72 valence electrons. The Morgan fingerprint density at radius 3 is 2.86 bits per heavy atom. The van der Waals surface area contributed by atoms with E-state index in [0.717, 1.165) is 6.07 Å². The van der Waals surface area contributed by atoms with E-state index in [4.69, 9.17) is 16.1 Å². The summed E-state index contributed by atoms with van der Waals surface area (Å²) >= 11 is 0. The molecule has 0 spiro atoms. The van der Waals surface area contributed by atoms with E-state index < -0.39 is 17.6 Å². The molecule has 1 rings (SSSR count). The molecule has 0 aliphatic carbocycles. The molecule has 0 saturated heterocycles. The highest BCUT2D eigenvalue weighted by atomic mass is 16.4. The maximum absolute atomic E-state index is 10.9. The number of nitrogens with one attached hydrogen (secondary N) is 1. The molecule has 0 aliphatic heterocycles. The van der Waals surface area contributed by atoms with Crippen LogP contribution in [0.5, 0.6) is 0 Å². The van der Waals surface area contributed by atoms with Crippen molar-refractivity contribution >= 4 is 5.97 Å². The Labute approximate surface area is 78.6 Å². The third kappa shape index (κ3) is 1.78. The van der Waals surface area contributed by atoms with Gasteiger partial charge in [0.05, 0.1) is 0 Å². The molecule has 1 unspecified atom stereocenters. The predicted octanol–water partition coefficient (Wildman–Crippen LogP) is -0.669. The van der Waals surface area contributed by atoms with Gasteiger partial charge >= 0.3 is 5.97 Å². The Morgan fingerprint density at radius 2 is 2.36 bits per heavy atom. The monoisotopic (exact) mass is 193 g/mol. The van der Waals surface area contributed by atoms with Gasteiger partial charge in [-0.1, -0.05) is 0 Å². The molecule has 1 aromatic heterocycles. The van der Waals surface area contributed by atoms with Crippen LogP contribution in [-0.2, 0) is 4.79 Å². The van der Waals surface area contributed by atoms with Crippen molar-refractivity contribution in [3.05, 3.63) is 33.7 Å². The van der Waals surface area contributed by atoms with E-state index in [1.807, 2.05) is 0 Å². The molecule has 14 heavy (non-hydrogen) atoms. The first kappa shape index (κ1) is 9.95. The Bertz CT molecular complexity index is 458. The van der Waals surface area contributed by atoms with Gasteiger partial charge in [-0.15, -0.1) is 0 Å². The minimum atomic E-state index is -1.24. The van der Waals surface area contributed by atoms with Crippen LogP contribution >= 0.6 is 0 Å². The standard InChI is InChI=1S/C8H7N3O3/c9-2-4-1-5(3-11-7(4)12)6(10)8(13)14/h1,3,6H,10H2,(H,11,12)(H,13,14). The molecule has 0 aromatic carbocycles. The molecule has 0 aliphatic rings. The van der Waals surface area contributed by atoms with Crippen LogP contribution in [0.15, 0.2) is 17.1 Å². The zero-order chi connectivity index (χ0) is 10.7. The topological polar surface area (TPSA) is 120 Å². The first-order valence-corrected chi connectivity index (χ1v) is 3.67. The molecule has 0 saturated carbocycles. The second-order valence-corrected chi connectivity index (χ2v) is 2.60. The van der Waals surface area contributed by atoms with Crippen LogP contribution in [-0.4, -0.2) is 16.1 Å². The van der Waals surface area contributed by atoms with Crippen molar-refractivity contribution in [2.45, 2.75) is 6.04 Å². The average molecular weight is 193 g/mol. The van der Waals surface area contributed by atoms with E-state index in [1.54, 1.807) is 6.07 Å². The van der Waals surface area contributed by atoms with Crippen LogP contribution in [0.4, 0.5) is 0 Å². The average Bonchev–Trinajstić information content (AvgIpc) is 2.17. The Kier molecular flexibility index (Phi) is 2.65. The number of pyridine rings is 1. The Morgan fingerprint density at radius 1 is 1.71 bits per heavy atom. The largest absolute Gasteiger partial charge is 0.480 e. The van der Waals surface area contributed by atoms with Gasteiger partial charge in [0, 0.05) is 6.20 Å². The van der Waals surface area contributed by atoms with Crippen molar-refractivity contribution in [1.29, 1.82) is 5.26 Å². The van der Waals surface area contributed by atoms with Gasteiger partial charge < -0.3 is 15.8 Å². The van der Waals surface area contributed by atoms with Gasteiger partial charge in [0.15, 0.2) is 0 Å². The molecule has 1 heterocycles. The number of carbonyl (C=O) groups is 1. The lowest BCUT2D eigenvalue weighted by atomic mass is 10.1. The summed E-state index contributed by atoms with van der Waals surface area (Å²) in [5.41, 5.74) is 4.75. The molecule has 0 bridgehead atoms. The van der Waals surface area contributed by atoms with Crippen LogP contribution in [0.3, 0.4) is 0 Å². The fourth-order valence-corrected chi connectivity index (χ4v) is 0.906. The number of H-pyrrole nitrogens is 1. The summed E-state index contributed by atoms with van der Waals surface area (Å²) in [7, 11) is 0. The smallest absolute Gasteiger partial charge is 0.325 e. The van der Waals surface area contributed by atoms with E-state index in [1.165, 1.54) is 6.20 Å². The van der Waals surface area contributed by atoms with Gasteiger partial charge in [-0.25, -0.2) is 0 Å². The van der Waals surface area contributed by atoms with E-state index in [2.05, 4.69) is 4.98 Å². The number of rotatable bonds is 2. The molecule has 0 amide bonds. The second kappa shape index (κ2) is 3.72. The maximum Gasteiger partial charge on any atom is 0.325 e. The minimum absolute atomic E-state index is 0.154.